The summed E-state index contributed by atoms with van der Waals surface area (Å²) >= 11 is 0. The van der Waals surface area contributed by atoms with Gasteiger partial charge in [0, 0.05) is 0 Å². The molecule has 0 radical (unpaired) electrons. The number of carbonyl (C=O) groups is 1. The number of hydrogen-bond donors (Lipinski definition) is 1. The zero-order chi connectivity index (χ0) is 17.2. The Morgan fingerprint density at radius 1 is 1.33 bits per heavy atom. The quantitative estimate of drug-likeness (QED) is 0.651. The zero-order valence-corrected chi connectivity index (χ0v) is 13.9. The van der Waals surface area contributed by atoms with Crippen LogP contribution in [0.15, 0.2) is 42.9 Å². The molecule has 0 spiro atoms. The first-order valence-corrected chi connectivity index (χ1v) is 8.08. The van der Waals surface area contributed by atoms with E-state index in [-0.39, 0.29) is 6.04 Å². The summed E-state index contributed by atoms with van der Waals surface area (Å²) in [6, 6.07) is 9.91. The molecule has 1 N–H and O–H groups in total. The van der Waals surface area contributed by atoms with Gasteiger partial charge in [-0.1, -0.05) is 30.3 Å². The number of imidazole rings is 1. The van der Waals surface area contributed by atoms with Crippen molar-refractivity contribution in [3.63, 3.8) is 0 Å². The Hall–Kier alpha value is -2.18. The third-order valence-electron chi connectivity index (χ3n) is 4.70. The number of benzene rings is 1. The van der Waals surface area contributed by atoms with Crippen LogP contribution in [0.5, 0.6) is 0 Å². The average Bonchev–Trinajstić information content (AvgIpc) is 3.07. The highest BCUT2D eigenvalue weighted by Gasteiger charge is 2.48. The molecular weight excluding hydrogens is 308 g/mol. The van der Waals surface area contributed by atoms with Crippen LogP contribution in [0.2, 0.25) is 0 Å². The number of esters is 1. The molecule has 1 aliphatic rings. The molecular formula is C18H22N2O4. The summed E-state index contributed by atoms with van der Waals surface area (Å²) in [4.78, 5) is 16.1. The van der Waals surface area contributed by atoms with Crippen molar-refractivity contribution in [2.24, 2.45) is 0 Å². The average molecular weight is 330 g/mol. The second-order valence-electron chi connectivity index (χ2n) is 6.12. The first-order valence-electron chi connectivity index (χ1n) is 8.08. The van der Waals surface area contributed by atoms with E-state index >= 15 is 0 Å². The third kappa shape index (κ3) is 2.95. The molecule has 1 unspecified atom stereocenters. The highest BCUT2D eigenvalue weighted by molar-refractivity contribution is 5.80. The summed E-state index contributed by atoms with van der Waals surface area (Å²) in [5.41, 5.74) is 0.566. The molecule has 2 atom stereocenters. The molecule has 1 aromatic heterocycles. The number of nitrogens with zero attached hydrogens (tertiary/aromatic N) is 2. The van der Waals surface area contributed by atoms with Crippen LogP contribution in [-0.2, 0) is 14.3 Å². The van der Waals surface area contributed by atoms with Gasteiger partial charge in [0.25, 0.3) is 0 Å². The van der Waals surface area contributed by atoms with E-state index in [9.17, 15) is 9.90 Å². The van der Waals surface area contributed by atoms with Crippen LogP contribution in [0.3, 0.4) is 0 Å². The number of rotatable bonds is 6. The van der Waals surface area contributed by atoms with Crippen LogP contribution in [0.1, 0.15) is 49.8 Å². The van der Waals surface area contributed by atoms with Crippen molar-refractivity contribution >= 4 is 5.97 Å². The minimum atomic E-state index is -1.24. The Bertz CT molecular complexity index is 694. The summed E-state index contributed by atoms with van der Waals surface area (Å²) in [5, 5.41) is 10.5. The summed E-state index contributed by atoms with van der Waals surface area (Å²) in [7, 11) is 1.33. The van der Waals surface area contributed by atoms with Gasteiger partial charge in [-0.2, -0.15) is 0 Å². The minimum Gasteiger partial charge on any atom is -0.467 e. The molecule has 1 heterocycles. The van der Waals surface area contributed by atoms with Crippen LogP contribution >= 0.6 is 0 Å². The van der Waals surface area contributed by atoms with E-state index in [1.54, 1.807) is 12.5 Å². The third-order valence-corrected chi connectivity index (χ3v) is 4.70. The van der Waals surface area contributed by atoms with Crippen molar-refractivity contribution in [2.45, 2.75) is 44.1 Å². The van der Waals surface area contributed by atoms with Gasteiger partial charge in [0.15, 0.2) is 11.9 Å². The lowest BCUT2D eigenvalue weighted by Crippen LogP contribution is -2.49. The van der Waals surface area contributed by atoms with Crippen molar-refractivity contribution in [1.29, 1.82) is 0 Å². The summed E-state index contributed by atoms with van der Waals surface area (Å²) in [6.07, 6.45) is 3.97. The Kier molecular flexibility index (Phi) is 4.69. The fourth-order valence-electron chi connectivity index (χ4n) is 3.05. The predicted molar refractivity (Wildman–Crippen MR) is 87.1 cm³/mol. The number of hydrogen-bond acceptors (Lipinski definition) is 5. The number of ether oxygens (including phenoxy) is 2. The van der Waals surface area contributed by atoms with Crippen LogP contribution in [0, 0.1) is 0 Å². The minimum absolute atomic E-state index is 0.0163. The molecule has 1 fully saturated rings. The van der Waals surface area contributed by atoms with Gasteiger partial charge in [-0.15, -0.1) is 0 Å². The molecule has 0 aliphatic heterocycles. The molecule has 1 aromatic carbocycles. The van der Waals surface area contributed by atoms with Crippen LogP contribution < -0.4 is 0 Å². The summed E-state index contributed by atoms with van der Waals surface area (Å²) < 4.78 is 12.4. The largest absolute Gasteiger partial charge is 0.467 e. The number of aromatic nitrogens is 2. The molecule has 24 heavy (non-hydrogen) atoms. The number of carbonyl (C=O) groups excluding carboxylic acids is 1. The topological polar surface area (TPSA) is 73.6 Å². The van der Waals surface area contributed by atoms with Gasteiger partial charge in [-0.05, 0) is 31.7 Å². The van der Waals surface area contributed by atoms with E-state index in [0.29, 0.717) is 18.5 Å². The lowest BCUT2D eigenvalue weighted by Gasteiger charge is -2.39. The van der Waals surface area contributed by atoms with Crippen molar-refractivity contribution in [2.75, 3.05) is 7.11 Å². The first-order chi connectivity index (χ1) is 11.6. The molecule has 128 valence electrons. The normalized spacial score (nSPS) is 18.5. The SMILES string of the molecule is COC(=O)C1(OC(O)c2cncn2[C@H](C)c2ccccc2)CCC1. The standard InChI is InChI=1S/C18H22N2O4/c1-13(14-7-4-3-5-8-14)20-12-19-11-15(20)16(21)24-18(9-6-10-18)17(22)23-2/h3-5,7-8,11-13,16,21H,6,9-10H2,1-2H3/t13-,16?/m1/s1. The maximum Gasteiger partial charge on any atom is 0.338 e. The van der Waals surface area contributed by atoms with Crippen LogP contribution in [0.25, 0.3) is 0 Å². The molecule has 3 rings (SSSR count). The summed E-state index contributed by atoms with van der Waals surface area (Å²) in [6.45, 7) is 2.02. The second kappa shape index (κ2) is 6.75. The van der Waals surface area contributed by atoms with E-state index in [2.05, 4.69) is 4.98 Å². The molecule has 0 bridgehead atoms. The van der Waals surface area contributed by atoms with E-state index in [1.807, 2.05) is 41.8 Å². The lowest BCUT2D eigenvalue weighted by molar-refractivity contribution is -0.232. The number of methoxy groups -OCH3 is 1. The van der Waals surface area contributed by atoms with Crippen molar-refractivity contribution < 1.29 is 19.4 Å². The van der Waals surface area contributed by atoms with Gasteiger partial charge >= 0.3 is 5.97 Å². The lowest BCUT2D eigenvalue weighted by atomic mass is 9.80. The Labute approximate surface area is 141 Å². The molecule has 1 aliphatic carbocycles. The van der Waals surface area contributed by atoms with Crippen LogP contribution in [0.4, 0.5) is 0 Å². The number of aliphatic hydroxyl groups excluding tert-OH is 1. The van der Waals surface area contributed by atoms with Crippen molar-refractivity contribution in [3.8, 4) is 0 Å². The Morgan fingerprint density at radius 2 is 2.04 bits per heavy atom. The molecule has 0 saturated heterocycles. The number of aliphatic hydroxyl groups is 1. The van der Waals surface area contributed by atoms with Gasteiger partial charge in [-0.3, -0.25) is 0 Å². The van der Waals surface area contributed by atoms with Gasteiger partial charge < -0.3 is 19.1 Å². The molecule has 0 amide bonds. The monoisotopic (exact) mass is 330 g/mol. The molecule has 2 aromatic rings. The second-order valence-corrected chi connectivity index (χ2v) is 6.12. The molecule has 1 saturated carbocycles. The highest BCUT2D eigenvalue weighted by atomic mass is 16.6. The van der Waals surface area contributed by atoms with E-state index in [0.717, 1.165) is 12.0 Å². The maximum absolute atomic E-state index is 12.0. The fraction of sp³-hybridized carbons (Fsp3) is 0.444. The highest BCUT2D eigenvalue weighted by Crippen LogP contribution is 2.40. The Balaban J connectivity index is 1.81. The maximum atomic E-state index is 12.0. The van der Waals surface area contributed by atoms with Crippen molar-refractivity contribution in [3.05, 3.63) is 54.1 Å². The van der Waals surface area contributed by atoms with Gasteiger partial charge in [0.05, 0.1) is 31.4 Å². The van der Waals surface area contributed by atoms with E-state index in [4.69, 9.17) is 9.47 Å². The van der Waals surface area contributed by atoms with Gasteiger partial charge in [0.2, 0.25) is 0 Å². The van der Waals surface area contributed by atoms with Crippen LogP contribution in [-0.4, -0.2) is 33.3 Å². The van der Waals surface area contributed by atoms with Gasteiger partial charge in [0.1, 0.15) is 0 Å². The van der Waals surface area contributed by atoms with Gasteiger partial charge in [-0.25, -0.2) is 9.78 Å². The fourth-order valence-corrected chi connectivity index (χ4v) is 3.05. The smallest absolute Gasteiger partial charge is 0.338 e. The van der Waals surface area contributed by atoms with E-state index in [1.165, 1.54) is 7.11 Å². The van der Waals surface area contributed by atoms with Crippen molar-refractivity contribution in [1.82, 2.24) is 9.55 Å². The molecule has 6 heteroatoms. The summed E-state index contributed by atoms with van der Waals surface area (Å²) in [5.74, 6) is -0.435. The first kappa shape index (κ1) is 16.7. The zero-order valence-electron chi connectivity index (χ0n) is 13.9. The predicted octanol–water partition coefficient (Wildman–Crippen LogP) is 2.60. The van der Waals surface area contributed by atoms with E-state index < -0.39 is 17.9 Å². The molecule has 6 nitrogen and oxygen atoms in total. The Morgan fingerprint density at radius 3 is 2.62 bits per heavy atom.